The molecule has 2 fully saturated rings. The lowest BCUT2D eigenvalue weighted by Gasteiger charge is -2.29. The van der Waals surface area contributed by atoms with Gasteiger partial charge < -0.3 is 15.5 Å². The average molecular weight is 197 g/mol. The van der Waals surface area contributed by atoms with Gasteiger partial charge in [0.15, 0.2) is 0 Å². The molecular weight excluding hydrogens is 182 g/mol. The Labute approximate surface area is 82.8 Å². The third kappa shape index (κ3) is 2.04. The predicted molar refractivity (Wildman–Crippen MR) is 50.6 cm³/mol. The Kier molecular flexibility index (Phi) is 2.67. The van der Waals surface area contributed by atoms with Crippen LogP contribution >= 0.6 is 0 Å². The van der Waals surface area contributed by atoms with Crippen LogP contribution in [0.2, 0.25) is 0 Å². The van der Waals surface area contributed by atoms with E-state index in [2.05, 4.69) is 10.6 Å². The molecule has 1 unspecified atom stereocenters. The molecule has 2 amide bonds. The largest absolute Gasteiger partial charge is 0.352 e. The Morgan fingerprint density at radius 2 is 2.29 bits per heavy atom. The van der Waals surface area contributed by atoms with E-state index >= 15 is 0 Å². The predicted octanol–water partition coefficient (Wildman–Crippen LogP) is -1.30. The zero-order valence-corrected chi connectivity index (χ0v) is 8.08. The summed E-state index contributed by atoms with van der Waals surface area (Å²) in [7, 11) is 0. The summed E-state index contributed by atoms with van der Waals surface area (Å²) in [6.45, 7) is 2.71. The first-order valence-corrected chi connectivity index (χ1v) is 5.03. The van der Waals surface area contributed by atoms with Gasteiger partial charge >= 0.3 is 0 Å². The molecule has 0 radical (unpaired) electrons. The van der Waals surface area contributed by atoms with Crippen molar-refractivity contribution < 1.29 is 9.59 Å². The van der Waals surface area contributed by atoms with Crippen LogP contribution in [0.1, 0.15) is 12.8 Å². The van der Waals surface area contributed by atoms with Crippen LogP contribution in [0.4, 0.5) is 0 Å². The van der Waals surface area contributed by atoms with Gasteiger partial charge in [-0.05, 0) is 6.42 Å². The summed E-state index contributed by atoms with van der Waals surface area (Å²) in [5.74, 6) is 0.245. The van der Waals surface area contributed by atoms with E-state index in [1.165, 1.54) is 0 Å². The maximum atomic E-state index is 11.4. The number of carbonyl (C=O) groups is 2. The number of hydrogen-bond donors (Lipinski definition) is 2. The van der Waals surface area contributed by atoms with Crippen molar-refractivity contribution in [3.8, 4) is 0 Å². The molecule has 5 heteroatoms. The zero-order chi connectivity index (χ0) is 9.97. The third-order valence-electron chi connectivity index (χ3n) is 2.71. The van der Waals surface area contributed by atoms with Crippen molar-refractivity contribution in [2.24, 2.45) is 0 Å². The van der Waals surface area contributed by atoms with Crippen molar-refractivity contribution in [1.82, 2.24) is 15.5 Å². The molecule has 1 atom stereocenters. The SMILES string of the molecule is O=C1CCC(CN2CCNCC2=O)N1. The number of carbonyl (C=O) groups excluding carboxylic acids is 2. The van der Waals surface area contributed by atoms with E-state index in [-0.39, 0.29) is 17.9 Å². The van der Waals surface area contributed by atoms with E-state index in [4.69, 9.17) is 0 Å². The molecule has 2 rings (SSSR count). The first-order valence-electron chi connectivity index (χ1n) is 5.03. The van der Waals surface area contributed by atoms with Gasteiger partial charge in [-0.3, -0.25) is 9.59 Å². The van der Waals surface area contributed by atoms with Gasteiger partial charge in [0.1, 0.15) is 0 Å². The summed E-state index contributed by atoms with van der Waals surface area (Å²) in [5, 5.41) is 5.89. The quantitative estimate of drug-likeness (QED) is 0.578. The van der Waals surface area contributed by atoms with Gasteiger partial charge in [-0.1, -0.05) is 0 Å². The Morgan fingerprint density at radius 1 is 1.43 bits per heavy atom. The molecule has 2 aliphatic rings. The highest BCUT2D eigenvalue weighted by Crippen LogP contribution is 2.08. The Bertz CT molecular complexity index is 254. The lowest BCUT2D eigenvalue weighted by atomic mass is 10.2. The van der Waals surface area contributed by atoms with Crippen molar-refractivity contribution in [1.29, 1.82) is 0 Å². The molecule has 0 bridgehead atoms. The first-order chi connectivity index (χ1) is 6.75. The number of nitrogens with one attached hydrogen (secondary N) is 2. The molecule has 2 aliphatic heterocycles. The minimum atomic E-state index is 0.109. The van der Waals surface area contributed by atoms with E-state index in [1.54, 1.807) is 0 Å². The van der Waals surface area contributed by atoms with E-state index < -0.39 is 0 Å². The second kappa shape index (κ2) is 3.96. The Balaban J connectivity index is 1.84. The monoisotopic (exact) mass is 197 g/mol. The number of nitrogens with zero attached hydrogens (tertiary/aromatic N) is 1. The van der Waals surface area contributed by atoms with Gasteiger partial charge in [0.05, 0.1) is 6.54 Å². The lowest BCUT2D eigenvalue weighted by molar-refractivity contribution is -0.132. The fourth-order valence-corrected chi connectivity index (χ4v) is 1.92. The second-order valence-electron chi connectivity index (χ2n) is 3.82. The second-order valence-corrected chi connectivity index (χ2v) is 3.82. The van der Waals surface area contributed by atoms with E-state index in [0.717, 1.165) is 19.5 Å². The minimum Gasteiger partial charge on any atom is -0.352 e. The molecule has 2 N–H and O–H groups in total. The van der Waals surface area contributed by atoms with E-state index in [1.807, 2.05) is 4.90 Å². The molecule has 0 spiro atoms. The molecule has 2 heterocycles. The lowest BCUT2D eigenvalue weighted by Crippen LogP contribution is -2.51. The molecule has 0 aromatic rings. The van der Waals surface area contributed by atoms with Crippen LogP contribution < -0.4 is 10.6 Å². The van der Waals surface area contributed by atoms with Crippen LogP contribution in [0.5, 0.6) is 0 Å². The average Bonchev–Trinajstić information content (AvgIpc) is 2.56. The summed E-state index contributed by atoms with van der Waals surface area (Å²) < 4.78 is 0. The number of rotatable bonds is 2. The van der Waals surface area contributed by atoms with E-state index in [0.29, 0.717) is 19.5 Å². The van der Waals surface area contributed by atoms with Crippen LogP contribution in [0, 0.1) is 0 Å². The minimum absolute atomic E-state index is 0.109. The standard InChI is InChI=1S/C9H15N3O2/c13-8-2-1-7(11-8)6-12-4-3-10-5-9(12)14/h7,10H,1-6H2,(H,11,13). The molecule has 0 aliphatic carbocycles. The summed E-state index contributed by atoms with van der Waals surface area (Å²) >= 11 is 0. The molecule has 0 aromatic heterocycles. The Morgan fingerprint density at radius 3 is 2.93 bits per heavy atom. The summed E-state index contributed by atoms with van der Waals surface area (Å²) in [6.07, 6.45) is 1.46. The number of hydrogen-bond acceptors (Lipinski definition) is 3. The fourth-order valence-electron chi connectivity index (χ4n) is 1.92. The molecule has 14 heavy (non-hydrogen) atoms. The molecule has 0 saturated carbocycles. The van der Waals surface area contributed by atoms with Gasteiger partial charge in [-0.15, -0.1) is 0 Å². The normalized spacial score (nSPS) is 28.0. The summed E-state index contributed by atoms with van der Waals surface area (Å²) in [6, 6.07) is 0.171. The van der Waals surface area contributed by atoms with Crippen molar-refractivity contribution in [3.05, 3.63) is 0 Å². The van der Waals surface area contributed by atoms with Crippen LogP contribution in [0.25, 0.3) is 0 Å². The smallest absolute Gasteiger partial charge is 0.236 e. The fraction of sp³-hybridized carbons (Fsp3) is 0.778. The van der Waals surface area contributed by atoms with Gasteiger partial charge in [0, 0.05) is 32.1 Å². The van der Waals surface area contributed by atoms with Crippen LogP contribution in [0.15, 0.2) is 0 Å². The highest BCUT2D eigenvalue weighted by molar-refractivity contribution is 5.80. The van der Waals surface area contributed by atoms with Crippen molar-refractivity contribution >= 4 is 11.8 Å². The maximum absolute atomic E-state index is 11.4. The van der Waals surface area contributed by atoms with Gasteiger partial charge in [0.25, 0.3) is 0 Å². The molecule has 0 aromatic carbocycles. The van der Waals surface area contributed by atoms with Crippen LogP contribution in [-0.4, -0.2) is 48.9 Å². The van der Waals surface area contributed by atoms with E-state index in [9.17, 15) is 9.59 Å². The summed E-state index contributed by atoms with van der Waals surface area (Å²) in [5.41, 5.74) is 0. The van der Waals surface area contributed by atoms with Crippen LogP contribution in [0.3, 0.4) is 0 Å². The van der Waals surface area contributed by atoms with Crippen LogP contribution in [-0.2, 0) is 9.59 Å². The third-order valence-corrected chi connectivity index (χ3v) is 2.71. The maximum Gasteiger partial charge on any atom is 0.236 e. The van der Waals surface area contributed by atoms with Gasteiger partial charge in [-0.25, -0.2) is 0 Å². The first kappa shape index (κ1) is 9.45. The molecule has 5 nitrogen and oxygen atoms in total. The molecule has 2 saturated heterocycles. The number of amides is 2. The number of piperazine rings is 1. The van der Waals surface area contributed by atoms with Crippen molar-refractivity contribution in [3.63, 3.8) is 0 Å². The van der Waals surface area contributed by atoms with Gasteiger partial charge in [-0.2, -0.15) is 0 Å². The summed E-state index contributed by atoms with van der Waals surface area (Å²) in [4.78, 5) is 24.2. The Hall–Kier alpha value is -1.10. The highest BCUT2D eigenvalue weighted by Gasteiger charge is 2.26. The van der Waals surface area contributed by atoms with Crippen molar-refractivity contribution in [2.45, 2.75) is 18.9 Å². The molecular formula is C9H15N3O2. The van der Waals surface area contributed by atoms with Crippen molar-refractivity contribution in [2.75, 3.05) is 26.2 Å². The topological polar surface area (TPSA) is 61.4 Å². The molecule has 78 valence electrons. The zero-order valence-electron chi connectivity index (χ0n) is 8.08. The van der Waals surface area contributed by atoms with Gasteiger partial charge in [0.2, 0.25) is 11.8 Å². The highest BCUT2D eigenvalue weighted by atomic mass is 16.2.